The number of amides is 1. The van der Waals surface area contributed by atoms with Gasteiger partial charge in [0.1, 0.15) is 11.6 Å². The van der Waals surface area contributed by atoms with Crippen molar-refractivity contribution in [1.29, 1.82) is 5.26 Å². The number of nitriles is 1. The third kappa shape index (κ3) is 4.44. The lowest BCUT2D eigenvalue weighted by atomic mass is 9.86. The van der Waals surface area contributed by atoms with Crippen molar-refractivity contribution in [2.24, 2.45) is 0 Å². The van der Waals surface area contributed by atoms with E-state index in [2.05, 4.69) is 31.4 Å². The van der Waals surface area contributed by atoms with E-state index in [9.17, 15) is 10.1 Å². The zero-order chi connectivity index (χ0) is 20.1. The maximum atomic E-state index is 12.4. The van der Waals surface area contributed by atoms with Gasteiger partial charge in [0.2, 0.25) is 6.79 Å². The predicted octanol–water partition coefficient (Wildman–Crippen LogP) is 3.85. The number of benzene rings is 2. The molecule has 0 atom stereocenters. The molecular formula is C22H23N3O3. The highest BCUT2D eigenvalue weighted by Gasteiger charge is 2.18. The van der Waals surface area contributed by atoms with Crippen LogP contribution in [0, 0.1) is 11.3 Å². The maximum Gasteiger partial charge on any atom is 0.263 e. The monoisotopic (exact) mass is 377 g/mol. The summed E-state index contributed by atoms with van der Waals surface area (Å²) < 4.78 is 10.6. The number of rotatable bonds is 5. The molecule has 2 N–H and O–H groups in total. The molecule has 144 valence electrons. The van der Waals surface area contributed by atoms with Gasteiger partial charge in [0.05, 0.1) is 0 Å². The molecule has 0 aromatic heterocycles. The molecule has 2 aromatic rings. The molecule has 0 radical (unpaired) electrons. The van der Waals surface area contributed by atoms with Gasteiger partial charge < -0.3 is 20.1 Å². The Bertz CT molecular complexity index is 952. The fourth-order valence-corrected chi connectivity index (χ4v) is 2.89. The van der Waals surface area contributed by atoms with Gasteiger partial charge in [0.15, 0.2) is 11.5 Å². The number of para-hydroxylation sites is 1. The molecule has 6 heteroatoms. The van der Waals surface area contributed by atoms with Gasteiger partial charge in [-0.2, -0.15) is 5.26 Å². The van der Waals surface area contributed by atoms with Crippen molar-refractivity contribution in [3.63, 3.8) is 0 Å². The first-order valence-corrected chi connectivity index (χ1v) is 9.01. The first-order chi connectivity index (χ1) is 13.4. The summed E-state index contributed by atoms with van der Waals surface area (Å²) in [4.78, 5) is 12.4. The molecule has 0 saturated carbocycles. The van der Waals surface area contributed by atoms with Crippen LogP contribution in [0.3, 0.4) is 0 Å². The van der Waals surface area contributed by atoms with Crippen LogP contribution >= 0.6 is 0 Å². The van der Waals surface area contributed by atoms with Crippen LogP contribution in [0.5, 0.6) is 11.5 Å². The molecule has 0 aliphatic carbocycles. The molecule has 0 spiro atoms. The Hall–Kier alpha value is -3.46. The minimum absolute atomic E-state index is 0.00413. The minimum atomic E-state index is -0.444. The summed E-state index contributed by atoms with van der Waals surface area (Å²) in [5, 5.41) is 15.2. The average molecular weight is 377 g/mol. The number of hydrogen-bond donors (Lipinski definition) is 2. The quantitative estimate of drug-likeness (QED) is 0.611. The van der Waals surface area contributed by atoms with Gasteiger partial charge in [-0.25, -0.2) is 0 Å². The number of carbonyl (C=O) groups is 1. The second kappa shape index (κ2) is 8.05. The summed E-state index contributed by atoms with van der Waals surface area (Å²) in [6.07, 6.45) is 1.44. The van der Waals surface area contributed by atoms with Gasteiger partial charge in [-0.15, -0.1) is 0 Å². The molecule has 1 aliphatic heterocycles. The standard InChI is InChI=1S/C22H23N3O3/c1-22(2,3)17-6-4-5-7-18(17)24-13-16(11-23)21(26)25-12-15-8-9-19-20(10-15)28-14-27-19/h4-10,13,24H,12,14H2,1-3H3,(H,25,26)/b16-13-. The summed E-state index contributed by atoms with van der Waals surface area (Å²) in [7, 11) is 0. The Labute approximate surface area is 164 Å². The first kappa shape index (κ1) is 19.3. The smallest absolute Gasteiger partial charge is 0.263 e. The van der Waals surface area contributed by atoms with Crippen molar-refractivity contribution in [1.82, 2.24) is 5.32 Å². The Balaban J connectivity index is 1.66. The lowest BCUT2D eigenvalue weighted by Gasteiger charge is -2.22. The van der Waals surface area contributed by atoms with Gasteiger partial charge in [0, 0.05) is 18.4 Å². The summed E-state index contributed by atoms with van der Waals surface area (Å²) in [6.45, 7) is 6.82. The van der Waals surface area contributed by atoms with Gasteiger partial charge in [0.25, 0.3) is 5.91 Å². The van der Waals surface area contributed by atoms with E-state index in [0.717, 1.165) is 16.8 Å². The van der Waals surface area contributed by atoms with Crippen LogP contribution in [0.4, 0.5) is 5.69 Å². The largest absolute Gasteiger partial charge is 0.454 e. The number of nitrogens with one attached hydrogen (secondary N) is 2. The van der Waals surface area contributed by atoms with Crippen LogP contribution in [-0.4, -0.2) is 12.7 Å². The zero-order valence-corrected chi connectivity index (χ0v) is 16.2. The summed E-state index contributed by atoms with van der Waals surface area (Å²) in [6, 6.07) is 15.3. The number of hydrogen-bond acceptors (Lipinski definition) is 5. The molecule has 2 aromatic carbocycles. The third-order valence-corrected chi connectivity index (χ3v) is 4.36. The van der Waals surface area contributed by atoms with Crippen LogP contribution in [0.25, 0.3) is 0 Å². The number of carbonyl (C=O) groups excluding carboxylic acids is 1. The van der Waals surface area contributed by atoms with E-state index >= 15 is 0 Å². The lowest BCUT2D eigenvalue weighted by Crippen LogP contribution is -2.24. The van der Waals surface area contributed by atoms with Gasteiger partial charge in [-0.05, 0) is 34.7 Å². The van der Waals surface area contributed by atoms with Gasteiger partial charge >= 0.3 is 0 Å². The molecule has 0 fully saturated rings. The highest BCUT2D eigenvalue weighted by molar-refractivity contribution is 5.97. The molecule has 0 saturated heterocycles. The van der Waals surface area contributed by atoms with Crippen LogP contribution in [-0.2, 0) is 16.8 Å². The van der Waals surface area contributed by atoms with Crippen LogP contribution in [0.1, 0.15) is 31.9 Å². The van der Waals surface area contributed by atoms with Crippen LogP contribution < -0.4 is 20.1 Å². The molecule has 28 heavy (non-hydrogen) atoms. The molecule has 1 aliphatic rings. The van der Waals surface area contributed by atoms with Crippen LogP contribution in [0.2, 0.25) is 0 Å². The summed E-state index contributed by atoms with van der Waals surface area (Å²) in [5.41, 5.74) is 2.77. The third-order valence-electron chi connectivity index (χ3n) is 4.36. The molecule has 0 bridgehead atoms. The van der Waals surface area contributed by atoms with E-state index in [4.69, 9.17) is 9.47 Å². The van der Waals surface area contributed by atoms with E-state index in [1.165, 1.54) is 6.20 Å². The SMILES string of the molecule is CC(C)(C)c1ccccc1N/C=C(/C#N)C(=O)NCc1ccc2c(c1)OCO2. The van der Waals surface area contributed by atoms with Gasteiger partial charge in [-0.1, -0.05) is 45.0 Å². The number of ether oxygens (including phenoxy) is 2. The van der Waals surface area contributed by atoms with Crippen molar-refractivity contribution in [2.75, 3.05) is 12.1 Å². The van der Waals surface area contributed by atoms with E-state index in [-0.39, 0.29) is 24.3 Å². The molecule has 3 rings (SSSR count). The molecule has 1 heterocycles. The summed E-state index contributed by atoms with van der Waals surface area (Å²) >= 11 is 0. The van der Waals surface area contributed by atoms with Crippen molar-refractivity contribution in [3.8, 4) is 17.6 Å². The lowest BCUT2D eigenvalue weighted by molar-refractivity contribution is -0.117. The Morgan fingerprint density at radius 3 is 2.68 bits per heavy atom. The van der Waals surface area contributed by atoms with E-state index in [0.29, 0.717) is 11.5 Å². The van der Waals surface area contributed by atoms with Crippen molar-refractivity contribution >= 4 is 11.6 Å². The topological polar surface area (TPSA) is 83.4 Å². The fourth-order valence-electron chi connectivity index (χ4n) is 2.89. The number of fused-ring (bicyclic) bond motifs is 1. The van der Waals surface area contributed by atoms with Crippen molar-refractivity contribution < 1.29 is 14.3 Å². The normalized spacial score (nSPS) is 13.0. The molecule has 0 unspecified atom stereocenters. The maximum absolute atomic E-state index is 12.4. The zero-order valence-electron chi connectivity index (χ0n) is 16.2. The Kier molecular flexibility index (Phi) is 5.55. The fraction of sp³-hybridized carbons (Fsp3) is 0.273. The van der Waals surface area contributed by atoms with E-state index in [1.807, 2.05) is 42.5 Å². The molecule has 6 nitrogen and oxygen atoms in total. The van der Waals surface area contributed by atoms with Crippen molar-refractivity contribution in [3.05, 3.63) is 65.4 Å². The number of nitrogens with zero attached hydrogens (tertiary/aromatic N) is 1. The van der Waals surface area contributed by atoms with Crippen molar-refractivity contribution in [2.45, 2.75) is 32.7 Å². The first-order valence-electron chi connectivity index (χ1n) is 9.01. The van der Waals surface area contributed by atoms with Crippen LogP contribution in [0.15, 0.2) is 54.2 Å². The second-order valence-electron chi connectivity index (χ2n) is 7.48. The Morgan fingerprint density at radius 1 is 1.18 bits per heavy atom. The second-order valence-corrected chi connectivity index (χ2v) is 7.48. The number of anilines is 1. The minimum Gasteiger partial charge on any atom is -0.454 e. The predicted molar refractivity (Wildman–Crippen MR) is 107 cm³/mol. The highest BCUT2D eigenvalue weighted by Crippen LogP contribution is 2.32. The van der Waals surface area contributed by atoms with E-state index < -0.39 is 5.91 Å². The van der Waals surface area contributed by atoms with Gasteiger partial charge in [-0.3, -0.25) is 4.79 Å². The average Bonchev–Trinajstić information content (AvgIpc) is 3.14. The Morgan fingerprint density at radius 2 is 1.93 bits per heavy atom. The highest BCUT2D eigenvalue weighted by atomic mass is 16.7. The molecular weight excluding hydrogens is 354 g/mol. The molecule has 1 amide bonds. The summed E-state index contributed by atoms with van der Waals surface area (Å²) in [5.74, 6) is 0.901. The van der Waals surface area contributed by atoms with E-state index in [1.54, 1.807) is 6.07 Å².